The Balaban J connectivity index is 1.69. The normalized spacial score (nSPS) is 14.3. The molecule has 150 valence electrons. The number of amides is 1. The van der Waals surface area contributed by atoms with Crippen molar-refractivity contribution in [1.82, 2.24) is 14.7 Å². The van der Waals surface area contributed by atoms with Crippen molar-refractivity contribution in [2.24, 2.45) is 7.05 Å². The summed E-state index contributed by atoms with van der Waals surface area (Å²) in [7, 11) is 3.44. The molecule has 4 rings (SSSR count). The lowest BCUT2D eigenvalue weighted by atomic mass is 10.0. The second kappa shape index (κ2) is 7.58. The summed E-state index contributed by atoms with van der Waals surface area (Å²) >= 11 is 0. The number of anilines is 1. The molecule has 0 aliphatic carbocycles. The van der Waals surface area contributed by atoms with Crippen LogP contribution in [0.1, 0.15) is 0 Å². The van der Waals surface area contributed by atoms with Gasteiger partial charge in [0.2, 0.25) is 5.91 Å². The highest BCUT2D eigenvalue weighted by Crippen LogP contribution is 2.36. The molecule has 0 bridgehead atoms. The fourth-order valence-electron chi connectivity index (χ4n) is 3.94. The fourth-order valence-corrected chi connectivity index (χ4v) is 3.94. The third-order valence-electron chi connectivity index (χ3n) is 5.35. The van der Waals surface area contributed by atoms with Crippen LogP contribution in [-0.2, 0) is 11.8 Å². The molecule has 1 fully saturated rings. The van der Waals surface area contributed by atoms with Crippen LogP contribution >= 0.6 is 0 Å². The number of hydrogen-bond donors (Lipinski definition) is 0. The number of methoxy groups -OCH3 is 1. The summed E-state index contributed by atoms with van der Waals surface area (Å²) in [5.41, 5.74) is 1.94. The summed E-state index contributed by atoms with van der Waals surface area (Å²) in [5.74, 6) is 1.12. The average molecular weight is 394 g/mol. The van der Waals surface area contributed by atoms with Gasteiger partial charge in [-0.3, -0.25) is 9.48 Å². The van der Waals surface area contributed by atoms with Crippen LogP contribution in [0.25, 0.3) is 22.0 Å². The lowest BCUT2D eigenvalue weighted by Crippen LogP contribution is -2.48. The van der Waals surface area contributed by atoms with Crippen LogP contribution in [0.4, 0.5) is 10.2 Å². The van der Waals surface area contributed by atoms with Gasteiger partial charge < -0.3 is 14.5 Å². The highest BCUT2D eigenvalue weighted by atomic mass is 19.1. The Hall–Kier alpha value is -3.35. The zero-order chi connectivity index (χ0) is 20.5. The first-order valence-electron chi connectivity index (χ1n) is 9.49. The second-order valence-corrected chi connectivity index (χ2v) is 7.01. The van der Waals surface area contributed by atoms with Gasteiger partial charge in [-0.05, 0) is 35.9 Å². The minimum absolute atomic E-state index is 0.0389. The van der Waals surface area contributed by atoms with Gasteiger partial charge in [0.25, 0.3) is 0 Å². The molecule has 0 atom stereocenters. The molecular weight excluding hydrogens is 371 g/mol. The van der Waals surface area contributed by atoms with Gasteiger partial charge in [-0.2, -0.15) is 5.10 Å². The molecule has 0 radical (unpaired) electrons. The van der Waals surface area contributed by atoms with E-state index in [1.165, 1.54) is 19.3 Å². The summed E-state index contributed by atoms with van der Waals surface area (Å²) in [5, 5.41) is 5.64. The van der Waals surface area contributed by atoms with Crippen LogP contribution in [0.2, 0.25) is 0 Å². The van der Waals surface area contributed by atoms with E-state index in [1.807, 2.05) is 29.9 Å². The first-order valence-corrected chi connectivity index (χ1v) is 9.49. The third-order valence-corrected chi connectivity index (χ3v) is 5.35. The number of piperazine rings is 1. The van der Waals surface area contributed by atoms with Gasteiger partial charge in [-0.25, -0.2) is 4.39 Å². The van der Waals surface area contributed by atoms with E-state index in [2.05, 4.69) is 16.6 Å². The Labute approximate surface area is 168 Å². The van der Waals surface area contributed by atoms with Gasteiger partial charge in [0.1, 0.15) is 17.4 Å². The quantitative estimate of drug-likeness (QED) is 0.638. The largest absolute Gasteiger partial charge is 0.496 e. The number of hydrogen-bond acceptors (Lipinski definition) is 4. The molecule has 1 aromatic heterocycles. The number of fused-ring (bicyclic) bond motifs is 1. The molecule has 6 nitrogen and oxygen atoms in total. The van der Waals surface area contributed by atoms with Crippen LogP contribution in [0, 0.1) is 5.82 Å². The Morgan fingerprint density at radius 3 is 2.66 bits per heavy atom. The number of rotatable bonds is 4. The van der Waals surface area contributed by atoms with Crippen LogP contribution < -0.4 is 9.64 Å². The van der Waals surface area contributed by atoms with Crippen molar-refractivity contribution in [1.29, 1.82) is 0 Å². The maximum Gasteiger partial charge on any atom is 0.246 e. The number of ether oxygens (including phenoxy) is 1. The average Bonchev–Trinajstić information content (AvgIpc) is 3.07. The van der Waals surface area contributed by atoms with E-state index in [-0.39, 0.29) is 11.7 Å². The fraction of sp³-hybridized carbons (Fsp3) is 0.273. The maximum atomic E-state index is 14.5. The number of halogens is 1. The number of carbonyl (C=O) groups is 1. The Morgan fingerprint density at radius 1 is 1.21 bits per heavy atom. The molecule has 7 heteroatoms. The van der Waals surface area contributed by atoms with Gasteiger partial charge in [0.05, 0.1) is 18.2 Å². The Bertz CT molecular complexity index is 1080. The minimum Gasteiger partial charge on any atom is -0.496 e. The van der Waals surface area contributed by atoms with Crippen molar-refractivity contribution in [2.45, 2.75) is 0 Å². The molecule has 1 saturated heterocycles. The summed E-state index contributed by atoms with van der Waals surface area (Å²) in [6.45, 7) is 6.28. The lowest BCUT2D eigenvalue weighted by Gasteiger charge is -2.35. The zero-order valence-corrected chi connectivity index (χ0v) is 16.6. The molecule has 1 aliphatic rings. The summed E-state index contributed by atoms with van der Waals surface area (Å²) in [6.07, 6.45) is 1.35. The molecule has 0 N–H and O–H groups in total. The summed E-state index contributed by atoms with van der Waals surface area (Å²) in [6, 6.07) is 10.6. The summed E-state index contributed by atoms with van der Waals surface area (Å²) in [4.78, 5) is 15.8. The first kappa shape index (κ1) is 19.0. The van der Waals surface area contributed by atoms with Crippen LogP contribution in [-0.4, -0.2) is 53.9 Å². The van der Waals surface area contributed by atoms with Crippen LogP contribution in [0.5, 0.6) is 5.75 Å². The molecule has 29 heavy (non-hydrogen) atoms. The predicted molar refractivity (Wildman–Crippen MR) is 112 cm³/mol. The molecule has 3 aromatic rings. The van der Waals surface area contributed by atoms with E-state index in [0.29, 0.717) is 24.4 Å². The number of benzene rings is 2. The van der Waals surface area contributed by atoms with E-state index in [4.69, 9.17) is 4.74 Å². The molecule has 1 amide bonds. The Kier molecular flexibility index (Phi) is 4.96. The van der Waals surface area contributed by atoms with Crippen LogP contribution in [0.15, 0.2) is 49.1 Å². The van der Waals surface area contributed by atoms with Crippen molar-refractivity contribution < 1.29 is 13.9 Å². The van der Waals surface area contributed by atoms with Crippen molar-refractivity contribution in [2.75, 3.05) is 38.2 Å². The highest BCUT2D eigenvalue weighted by Gasteiger charge is 2.24. The third kappa shape index (κ3) is 3.33. The highest BCUT2D eigenvalue weighted by molar-refractivity contribution is 5.94. The summed E-state index contributed by atoms with van der Waals surface area (Å²) < 4.78 is 21.7. The van der Waals surface area contributed by atoms with E-state index >= 15 is 0 Å². The van der Waals surface area contributed by atoms with Crippen LogP contribution in [0.3, 0.4) is 0 Å². The van der Waals surface area contributed by atoms with E-state index in [9.17, 15) is 9.18 Å². The molecule has 2 aromatic carbocycles. The number of aromatic nitrogens is 2. The molecule has 1 aliphatic heterocycles. The lowest BCUT2D eigenvalue weighted by molar-refractivity contribution is -0.126. The van der Waals surface area contributed by atoms with E-state index in [1.54, 1.807) is 17.0 Å². The van der Waals surface area contributed by atoms with Gasteiger partial charge in [0.15, 0.2) is 0 Å². The van der Waals surface area contributed by atoms with Crippen molar-refractivity contribution >= 4 is 22.6 Å². The van der Waals surface area contributed by atoms with E-state index in [0.717, 1.165) is 35.4 Å². The standard InChI is InChI=1S/C22H23FN4O2/c1-4-20(28)26-10-12-27(13-11-26)22-16-9-8-15(14-18(16)24-25(22)2)21-17(23)6-5-7-19(21)29-3/h4-9,14H,1,10-13H2,2-3H3. The molecule has 2 heterocycles. The van der Waals surface area contributed by atoms with Crippen molar-refractivity contribution in [3.8, 4) is 16.9 Å². The minimum atomic E-state index is -0.331. The molecule has 0 saturated carbocycles. The smallest absolute Gasteiger partial charge is 0.246 e. The predicted octanol–water partition coefficient (Wildman–Crippen LogP) is 3.22. The van der Waals surface area contributed by atoms with Gasteiger partial charge in [-0.15, -0.1) is 0 Å². The SMILES string of the molecule is C=CC(=O)N1CCN(c2c3ccc(-c4c(F)cccc4OC)cc3nn2C)CC1. The van der Waals surface area contributed by atoms with Crippen molar-refractivity contribution in [3.63, 3.8) is 0 Å². The van der Waals surface area contributed by atoms with Gasteiger partial charge in [0, 0.05) is 38.6 Å². The molecular formula is C22H23FN4O2. The monoisotopic (exact) mass is 394 g/mol. The molecule has 0 spiro atoms. The van der Waals surface area contributed by atoms with Gasteiger partial charge in [-0.1, -0.05) is 18.7 Å². The topological polar surface area (TPSA) is 50.6 Å². The van der Waals surface area contributed by atoms with Gasteiger partial charge >= 0.3 is 0 Å². The number of nitrogens with zero attached hydrogens (tertiary/aromatic N) is 4. The first-order chi connectivity index (χ1) is 14.0. The molecule has 0 unspecified atom stereocenters. The zero-order valence-electron chi connectivity index (χ0n) is 16.6. The van der Waals surface area contributed by atoms with E-state index < -0.39 is 0 Å². The second-order valence-electron chi connectivity index (χ2n) is 7.01. The number of carbonyl (C=O) groups excluding carboxylic acids is 1. The van der Waals surface area contributed by atoms with Crippen molar-refractivity contribution in [3.05, 3.63) is 54.9 Å². The number of aryl methyl sites for hydroxylation is 1. The Morgan fingerprint density at radius 2 is 1.97 bits per heavy atom. The maximum absolute atomic E-state index is 14.5.